The van der Waals surface area contributed by atoms with Crippen LogP contribution in [0.15, 0.2) is 72.0 Å². The molecule has 0 aliphatic heterocycles. The predicted molar refractivity (Wildman–Crippen MR) is 107 cm³/mol. The SMILES string of the molecule is C[n+]1ccn(CCCNc2nn3ccccc3c2/N=C2\C=CC(=O)C=C2N)c1. The molecule has 0 aromatic carbocycles. The summed E-state index contributed by atoms with van der Waals surface area (Å²) in [6.45, 7) is 1.66. The maximum absolute atomic E-state index is 11.5. The maximum Gasteiger partial charge on any atom is 0.243 e. The molecule has 3 aromatic rings. The Balaban J connectivity index is 1.56. The van der Waals surface area contributed by atoms with Crippen molar-refractivity contribution >= 4 is 28.5 Å². The minimum atomic E-state index is -0.131. The summed E-state index contributed by atoms with van der Waals surface area (Å²) in [6, 6.07) is 5.81. The number of allylic oxidation sites excluding steroid dienone is 3. The van der Waals surface area contributed by atoms with E-state index in [2.05, 4.69) is 15.0 Å². The van der Waals surface area contributed by atoms with E-state index in [0.717, 1.165) is 25.0 Å². The van der Waals surface area contributed by atoms with Gasteiger partial charge in [0.15, 0.2) is 11.6 Å². The van der Waals surface area contributed by atoms with Crippen molar-refractivity contribution in [3.63, 3.8) is 0 Å². The first kappa shape index (κ1) is 17.7. The molecule has 1 aliphatic carbocycles. The van der Waals surface area contributed by atoms with Gasteiger partial charge < -0.3 is 11.1 Å². The standard InChI is InChI=1S/C20H21N7O/c1-25-11-12-26(14-25)9-4-8-22-20-19(18-5-2-3-10-27(18)24-20)23-17-7-6-15(28)13-16(17)21/h2-3,5-7,10-14H,4,8-9H2,1H3,(H2-,21,22,24,28)/p+1/b23-17+. The molecule has 0 bridgehead atoms. The van der Waals surface area contributed by atoms with Crippen LogP contribution < -0.4 is 15.6 Å². The molecule has 28 heavy (non-hydrogen) atoms. The number of aromatic nitrogens is 4. The van der Waals surface area contributed by atoms with E-state index < -0.39 is 0 Å². The van der Waals surface area contributed by atoms with E-state index in [1.165, 1.54) is 12.2 Å². The molecule has 8 nitrogen and oxygen atoms in total. The lowest BCUT2D eigenvalue weighted by Crippen LogP contribution is -2.23. The topological polar surface area (TPSA) is 93.6 Å². The van der Waals surface area contributed by atoms with Crippen molar-refractivity contribution in [2.75, 3.05) is 11.9 Å². The molecule has 0 saturated carbocycles. The van der Waals surface area contributed by atoms with Crippen molar-refractivity contribution in [1.29, 1.82) is 0 Å². The Kier molecular flexibility index (Phi) is 4.76. The number of aliphatic imine (C=N–C) groups is 1. The second-order valence-corrected chi connectivity index (χ2v) is 6.66. The van der Waals surface area contributed by atoms with Gasteiger partial charge in [0.05, 0.1) is 30.5 Å². The van der Waals surface area contributed by atoms with Crippen molar-refractivity contribution < 1.29 is 9.36 Å². The molecule has 0 unspecified atom stereocenters. The Hall–Kier alpha value is -3.68. The van der Waals surface area contributed by atoms with E-state index in [1.807, 2.05) is 54.7 Å². The molecule has 0 saturated heterocycles. The molecule has 3 heterocycles. The normalized spacial score (nSPS) is 15.4. The smallest absolute Gasteiger partial charge is 0.243 e. The van der Waals surface area contributed by atoms with Gasteiger partial charge in [0.1, 0.15) is 18.1 Å². The summed E-state index contributed by atoms with van der Waals surface area (Å²) in [5, 5.41) is 7.99. The second-order valence-electron chi connectivity index (χ2n) is 6.66. The van der Waals surface area contributed by atoms with Crippen LogP contribution in [0.1, 0.15) is 6.42 Å². The third kappa shape index (κ3) is 3.71. The summed E-state index contributed by atoms with van der Waals surface area (Å²) in [5.41, 5.74) is 8.46. The van der Waals surface area contributed by atoms with Gasteiger partial charge in [0, 0.05) is 25.2 Å². The fourth-order valence-corrected chi connectivity index (χ4v) is 3.07. The van der Waals surface area contributed by atoms with Crippen molar-refractivity contribution in [2.45, 2.75) is 13.0 Å². The van der Waals surface area contributed by atoms with Gasteiger partial charge in [-0.25, -0.2) is 18.6 Å². The summed E-state index contributed by atoms with van der Waals surface area (Å²) < 4.78 is 5.94. The quantitative estimate of drug-likeness (QED) is 0.387. The van der Waals surface area contributed by atoms with Crippen LogP contribution in [0.25, 0.3) is 5.52 Å². The van der Waals surface area contributed by atoms with Gasteiger partial charge in [0.2, 0.25) is 6.33 Å². The number of carbonyl (C=O) groups is 1. The van der Waals surface area contributed by atoms with Crippen LogP contribution in [0.2, 0.25) is 0 Å². The van der Waals surface area contributed by atoms with Crippen molar-refractivity contribution in [1.82, 2.24) is 14.2 Å². The minimum Gasteiger partial charge on any atom is -0.397 e. The molecule has 0 spiro atoms. The lowest BCUT2D eigenvalue weighted by Gasteiger charge is -2.07. The summed E-state index contributed by atoms with van der Waals surface area (Å²) in [7, 11) is 2.00. The van der Waals surface area contributed by atoms with E-state index >= 15 is 0 Å². The Labute approximate surface area is 162 Å². The molecule has 8 heteroatoms. The minimum absolute atomic E-state index is 0.131. The number of nitrogens with one attached hydrogen (secondary N) is 1. The largest absolute Gasteiger partial charge is 0.397 e. The number of ketones is 1. The van der Waals surface area contributed by atoms with Crippen LogP contribution in [0.3, 0.4) is 0 Å². The number of aryl methyl sites for hydroxylation is 2. The number of fused-ring (bicyclic) bond motifs is 1. The van der Waals surface area contributed by atoms with E-state index in [-0.39, 0.29) is 5.78 Å². The number of pyridine rings is 1. The van der Waals surface area contributed by atoms with E-state index in [0.29, 0.717) is 22.9 Å². The number of imidazole rings is 1. The molecule has 3 aromatic heterocycles. The van der Waals surface area contributed by atoms with Gasteiger partial charge in [-0.2, -0.15) is 0 Å². The molecular weight excluding hydrogens is 354 g/mol. The highest BCUT2D eigenvalue weighted by Crippen LogP contribution is 2.30. The lowest BCUT2D eigenvalue weighted by molar-refractivity contribution is -0.671. The van der Waals surface area contributed by atoms with Crippen LogP contribution in [0.5, 0.6) is 0 Å². The number of anilines is 1. The van der Waals surface area contributed by atoms with Crippen molar-refractivity contribution in [3.05, 3.63) is 67.0 Å². The zero-order valence-corrected chi connectivity index (χ0v) is 15.6. The highest BCUT2D eigenvalue weighted by Gasteiger charge is 2.15. The van der Waals surface area contributed by atoms with E-state index in [1.54, 1.807) is 10.6 Å². The molecule has 1 aliphatic rings. The number of rotatable bonds is 6. The Bertz CT molecular complexity index is 1120. The highest BCUT2D eigenvalue weighted by molar-refractivity contribution is 6.20. The predicted octanol–water partition coefficient (Wildman–Crippen LogP) is 1.52. The van der Waals surface area contributed by atoms with Gasteiger partial charge in [-0.15, -0.1) is 5.10 Å². The van der Waals surface area contributed by atoms with E-state index in [4.69, 9.17) is 10.7 Å². The molecule has 0 amide bonds. The van der Waals surface area contributed by atoms with Crippen molar-refractivity contribution in [3.8, 4) is 0 Å². The third-order valence-electron chi connectivity index (χ3n) is 4.45. The molecule has 0 fully saturated rings. The van der Waals surface area contributed by atoms with Crippen LogP contribution in [0, 0.1) is 0 Å². The Morgan fingerprint density at radius 3 is 2.96 bits per heavy atom. The number of hydrogen-bond acceptors (Lipinski definition) is 5. The van der Waals surface area contributed by atoms with E-state index in [9.17, 15) is 4.79 Å². The van der Waals surface area contributed by atoms with Gasteiger partial charge in [-0.05, 0) is 24.3 Å². The van der Waals surface area contributed by atoms with Crippen LogP contribution >= 0.6 is 0 Å². The average Bonchev–Trinajstić information content (AvgIpc) is 3.24. The summed E-state index contributed by atoms with van der Waals surface area (Å²) >= 11 is 0. The second kappa shape index (κ2) is 7.51. The number of carbonyl (C=O) groups excluding carboxylic acids is 1. The van der Waals surface area contributed by atoms with Crippen molar-refractivity contribution in [2.24, 2.45) is 17.8 Å². The molecule has 0 radical (unpaired) electrons. The monoisotopic (exact) mass is 376 g/mol. The molecule has 0 atom stereocenters. The van der Waals surface area contributed by atoms with Crippen LogP contribution in [0.4, 0.5) is 11.5 Å². The Morgan fingerprint density at radius 1 is 1.29 bits per heavy atom. The fraction of sp³-hybridized carbons (Fsp3) is 0.200. The van der Waals surface area contributed by atoms with Crippen LogP contribution in [-0.4, -0.2) is 32.2 Å². The number of nitrogens with two attached hydrogens (primary N) is 1. The van der Waals surface area contributed by atoms with Gasteiger partial charge in [-0.3, -0.25) is 4.79 Å². The molecule has 4 rings (SSSR count). The third-order valence-corrected chi connectivity index (χ3v) is 4.45. The zero-order valence-electron chi connectivity index (χ0n) is 15.6. The zero-order chi connectivity index (χ0) is 19.5. The Morgan fingerprint density at radius 2 is 2.18 bits per heavy atom. The van der Waals surface area contributed by atoms with Crippen LogP contribution in [-0.2, 0) is 18.4 Å². The van der Waals surface area contributed by atoms with Gasteiger partial charge >= 0.3 is 0 Å². The summed E-state index contributed by atoms with van der Waals surface area (Å²) in [5.74, 6) is 0.558. The first-order valence-corrected chi connectivity index (χ1v) is 9.11. The highest BCUT2D eigenvalue weighted by atomic mass is 16.1. The molecule has 142 valence electrons. The van der Waals surface area contributed by atoms with Gasteiger partial charge in [-0.1, -0.05) is 6.07 Å². The lowest BCUT2D eigenvalue weighted by atomic mass is 10.1. The summed E-state index contributed by atoms with van der Waals surface area (Å²) in [6.07, 6.45) is 13.4. The number of nitrogens with zero attached hydrogens (tertiary/aromatic N) is 5. The maximum atomic E-state index is 11.5. The first-order valence-electron chi connectivity index (χ1n) is 9.11. The summed E-state index contributed by atoms with van der Waals surface area (Å²) in [4.78, 5) is 16.2. The number of hydrogen-bond donors (Lipinski definition) is 2. The van der Waals surface area contributed by atoms with Gasteiger partial charge in [0.25, 0.3) is 0 Å². The molecule has 3 N–H and O–H groups in total. The average molecular weight is 376 g/mol. The fourth-order valence-electron chi connectivity index (χ4n) is 3.07. The molecular formula is C20H22N7O+. The first-order chi connectivity index (χ1) is 13.6.